The van der Waals surface area contributed by atoms with Crippen LogP contribution in [-0.2, 0) is 0 Å². The number of aromatic nitrogens is 2. The van der Waals surface area contributed by atoms with E-state index in [1.807, 2.05) is 6.20 Å². The van der Waals surface area contributed by atoms with Crippen LogP contribution in [0.15, 0.2) is 11.6 Å². The molecule has 2 rings (SSSR count). The topological polar surface area (TPSA) is 17.3 Å². The fourth-order valence-electron chi connectivity index (χ4n) is 1.37. The predicted octanol–water partition coefficient (Wildman–Crippen LogP) is 2.83. The third-order valence-electron chi connectivity index (χ3n) is 2.04. The van der Waals surface area contributed by atoms with Gasteiger partial charge in [-0.2, -0.15) is 0 Å². The first-order valence-corrected chi connectivity index (χ1v) is 4.99. The fourth-order valence-corrected chi connectivity index (χ4v) is 2.44. The van der Waals surface area contributed by atoms with E-state index in [0.717, 1.165) is 4.96 Å². The number of hydrogen-bond donors (Lipinski definition) is 0. The number of rotatable bonds is 1. The Balaban J connectivity index is 2.75. The van der Waals surface area contributed by atoms with Crippen LogP contribution in [0.3, 0.4) is 0 Å². The van der Waals surface area contributed by atoms with E-state index in [2.05, 4.69) is 35.5 Å². The maximum atomic E-state index is 4.30. The third kappa shape index (κ3) is 0.966. The molecule has 0 fully saturated rings. The van der Waals surface area contributed by atoms with Gasteiger partial charge in [0.15, 0.2) is 4.96 Å². The highest BCUT2D eigenvalue weighted by Crippen LogP contribution is 2.23. The van der Waals surface area contributed by atoms with Gasteiger partial charge in [0.1, 0.15) is 0 Å². The van der Waals surface area contributed by atoms with Gasteiger partial charge in [-0.1, -0.05) is 13.8 Å². The van der Waals surface area contributed by atoms with Crippen molar-refractivity contribution in [3.8, 4) is 0 Å². The van der Waals surface area contributed by atoms with Gasteiger partial charge in [-0.15, -0.1) is 11.3 Å². The summed E-state index contributed by atoms with van der Waals surface area (Å²) in [6.07, 6.45) is 1.93. The molecule has 0 aliphatic carbocycles. The maximum Gasteiger partial charge on any atom is 0.194 e. The van der Waals surface area contributed by atoms with E-state index in [-0.39, 0.29) is 0 Å². The maximum absolute atomic E-state index is 4.30. The summed E-state index contributed by atoms with van der Waals surface area (Å²) < 4.78 is 2.23. The predicted molar refractivity (Wildman–Crippen MR) is 51.9 cm³/mol. The first kappa shape index (κ1) is 7.80. The van der Waals surface area contributed by atoms with Crippen LogP contribution in [0.1, 0.15) is 31.2 Å². The summed E-state index contributed by atoms with van der Waals surface area (Å²) in [4.78, 5) is 5.41. The molecule has 0 unspecified atom stereocenters. The SMILES string of the molecule is Cc1cnc2scc(C(C)C)n12. The standard InChI is InChI=1S/C9H12N2S/c1-6(2)8-5-12-9-10-4-7(3)11(8)9/h4-6H,1-3H3. The largest absolute Gasteiger partial charge is 0.292 e. The van der Waals surface area contributed by atoms with E-state index in [0.29, 0.717) is 5.92 Å². The van der Waals surface area contributed by atoms with Crippen molar-refractivity contribution in [2.24, 2.45) is 0 Å². The average molecular weight is 180 g/mol. The van der Waals surface area contributed by atoms with E-state index in [1.54, 1.807) is 11.3 Å². The Morgan fingerprint density at radius 1 is 1.50 bits per heavy atom. The molecule has 0 bridgehead atoms. The van der Waals surface area contributed by atoms with Crippen LogP contribution in [0.5, 0.6) is 0 Å². The zero-order valence-corrected chi connectivity index (χ0v) is 8.35. The lowest BCUT2D eigenvalue weighted by molar-refractivity contribution is 0.803. The van der Waals surface area contributed by atoms with Gasteiger partial charge in [-0.3, -0.25) is 4.40 Å². The molecule has 0 N–H and O–H groups in total. The smallest absolute Gasteiger partial charge is 0.194 e. The molecule has 0 spiro atoms. The van der Waals surface area contributed by atoms with E-state index >= 15 is 0 Å². The summed E-state index contributed by atoms with van der Waals surface area (Å²) in [5.74, 6) is 0.576. The molecule has 0 aliphatic rings. The van der Waals surface area contributed by atoms with E-state index < -0.39 is 0 Å². The van der Waals surface area contributed by atoms with Gasteiger partial charge in [0, 0.05) is 23.0 Å². The molecule has 2 heterocycles. The summed E-state index contributed by atoms with van der Waals surface area (Å²) in [5.41, 5.74) is 2.60. The molecule has 64 valence electrons. The van der Waals surface area contributed by atoms with Gasteiger partial charge in [0.25, 0.3) is 0 Å². The number of aryl methyl sites for hydroxylation is 1. The molecule has 12 heavy (non-hydrogen) atoms. The van der Waals surface area contributed by atoms with E-state index in [1.165, 1.54) is 11.4 Å². The number of hydrogen-bond acceptors (Lipinski definition) is 2. The van der Waals surface area contributed by atoms with Crippen molar-refractivity contribution < 1.29 is 0 Å². The quantitative estimate of drug-likeness (QED) is 0.659. The van der Waals surface area contributed by atoms with Crippen molar-refractivity contribution in [3.63, 3.8) is 0 Å². The molecule has 2 aromatic heterocycles. The van der Waals surface area contributed by atoms with Crippen LogP contribution in [0.4, 0.5) is 0 Å². The van der Waals surface area contributed by atoms with Crippen LogP contribution < -0.4 is 0 Å². The highest BCUT2D eigenvalue weighted by atomic mass is 32.1. The van der Waals surface area contributed by atoms with E-state index in [9.17, 15) is 0 Å². The molecular formula is C9H12N2S. The summed E-state index contributed by atoms with van der Waals surface area (Å²) in [5, 5.41) is 2.19. The van der Waals surface area contributed by atoms with Crippen molar-refractivity contribution in [1.29, 1.82) is 0 Å². The number of thiazole rings is 1. The second kappa shape index (κ2) is 2.59. The van der Waals surface area contributed by atoms with E-state index in [4.69, 9.17) is 0 Å². The zero-order chi connectivity index (χ0) is 8.72. The van der Waals surface area contributed by atoms with Crippen LogP contribution in [0, 0.1) is 6.92 Å². The Bertz CT molecular complexity index is 397. The van der Waals surface area contributed by atoms with Crippen molar-refractivity contribution in [3.05, 3.63) is 23.0 Å². The monoisotopic (exact) mass is 180 g/mol. The number of fused-ring (bicyclic) bond motifs is 1. The van der Waals surface area contributed by atoms with Crippen molar-refractivity contribution in [2.45, 2.75) is 26.7 Å². The minimum atomic E-state index is 0.576. The lowest BCUT2D eigenvalue weighted by Crippen LogP contribution is -1.94. The fraction of sp³-hybridized carbons (Fsp3) is 0.444. The normalized spacial score (nSPS) is 11.7. The van der Waals surface area contributed by atoms with Gasteiger partial charge in [-0.25, -0.2) is 4.98 Å². The minimum absolute atomic E-state index is 0.576. The molecular weight excluding hydrogens is 168 g/mol. The van der Waals surface area contributed by atoms with Crippen LogP contribution in [0.25, 0.3) is 4.96 Å². The molecule has 3 heteroatoms. The average Bonchev–Trinajstić information content (AvgIpc) is 2.53. The van der Waals surface area contributed by atoms with Crippen LogP contribution in [0.2, 0.25) is 0 Å². The second-order valence-corrected chi connectivity index (χ2v) is 4.17. The van der Waals surface area contributed by atoms with Crippen molar-refractivity contribution >= 4 is 16.3 Å². The second-order valence-electron chi connectivity index (χ2n) is 3.33. The highest BCUT2D eigenvalue weighted by Gasteiger charge is 2.09. The molecule has 0 saturated heterocycles. The summed E-state index contributed by atoms with van der Waals surface area (Å²) in [6, 6.07) is 0. The molecule has 0 saturated carbocycles. The van der Waals surface area contributed by atoms with Crippen molar-refractivity contribution in [1.82, 2.24) is 9.38 Å². The summed E-state index contributed by atoms with van der Waals surface area (Å²) >= 11 is 1.71. The first-order valence-electron chi connectivity index (χ1n) is 4.11. The molecule has 2 aromatic rings. The Morgan fingerprint density at radius 2 is 2.25 bits per heavy atom. The van der Waals surface area contributed by atoms with Crippen LogP contribution in [-0.4, -0.2) is 9.38 Å². The molecule has 0 amide bonds. The van der Waals surface area contributed by atoms with Gasteiger partial charge < -0.3 is 0 Å². The highest BCUT2D eigenvalue weighted by molar-refractivity contribution is 7.15. The molecule has 0 radical (unpaired) electrons. The first-order chi connectivity index (χ1) is 5.70. The number of nitrogens with zero attached hydrogens (tertiary/aromatic N) is 2. The summed E-state index contributed by atoms with van der Waals surface area (Å²) in [6.45, 7) is 6.51. The molecule has 0 aliphatic heterocycles. The zero-order valence-electron chi connectivity index (χ0n) is 7.53. The Morgan fingerprint density at radius 3 is 2.92 bits per heavy atom. The van der Waals surface area contributed by atoms with Gasteiger partial charge in [0.2, 0.25) is 0 Å². The summed E-state index contributed by atoms with van der Waals surface area (Å²) in [7, 11) is 0. The molecule has 0 aromatic carbocycles. The molecule has 2 nitrogen and oxygen atoms in total. The lowest BCUT2D eigenvalue weighted by Gasteiger charge is -2.03. The third-order valence-corrected chi connectivity index (χ3v) is 2.90. The lowest BCUT2D eigenvalue weighted by atomic mass is 10.1. The van der Waals surface area contributed by atoms with Gasteiger partial charge in [-0.05, 0) is 12.8 Å². The van der Waals surface area contributed by atoms with Gasteiger partial charge >= 0.3 is 0 Å². The molecule has 0 atom stereocenters. The Kier molecular flexibility index (Phi) is 1.68. The minimum Gasteiger partial charge on any atom is -0.292 e. The Labute approximate surface area is 75.9 Å². The van der Waals surface area contributed by atoms with Crippen LogP contribution >= 0.6 is 11.3 Å². The number of imidazole rings is 1. The Hall–Kier alpha value is -0.830. The van der Waals surface area contributed by atoms with Gasteiger partial charge in [0.05, 0.1) is 0 Å². The van der Waals surface area contributed by atoms with Crippen molar-refractivity contribution in [2.75, 3.05) is 0 Å².